The van der Waals surface area contributed by atoms with Gasteiger partial charge in [0.1, 0.15) is 5.75 Å². The molecule has 0 spiro atoms. The quantitative estimate of drug-likeness (QED) is 0.731. The maximum absolute atomic E-state index is 5.71. The highest BCUT2D eigenvalue weighted by molar-refractivity contribution is 5.63. The zero-order valence-corrected chi connectivity index (χ0v) is 11.1. The van der Waals surface area contributed by atoms with Crippen molar-refractivity contribution in [3.8, 4) is 16.9 Å². The molecule has 0 radical (unpaired) electrons. The molecule has 94 valence electrons. The van der Waals surface area contributed by atoms with Gasteiger partial charge in [-0.05, 0) is 35.6 Å². The van der Waals surface area contributed by atoms with Crippen molar-refractivity contribution in [2.24, 2.45) is 5.92 Å². The van der Waals surface area contributed by atoms with E-state index in [1.807, 2.05) is 18.2 Å². The van der Waals surface area contributed by atoms with E-state index in [1.165, 1.54) is 11.1 Å². The van der Waals surface area contributed by atoms with Gasteiger partial charge in [-0.1, -0.05) is 56.3 Å². The molecule has 2 rings (SSSR count). The maximum atomic E-state index is 5.71. The second-order valence-corrected chi connectivity index (χ2v) is 4.92. The summed E-state index contributed by atoms with van der Waals surface area (Å²) in [5, 5.41) is 0. The fourth-order valence-electron chi connectivity index (χ4n) is 1.79. The van der Waals surface area contributed by atoms with Gasteiger partial charge in [0.2, 0.25) is 0 Å². The van der Waals surface area contributed by atoms with Crippen LogP contribution in [0.15, 0.2) is 54.6 Å². The Bertz CT molecular complexity index is 457. The number of hydrogen-bond donors (Lipinski definition) is 0. The molecule has 0 saturated heterocycles. The van der Waals surface area contributed by atoms with Crippen LogP contribution in [0.5, 0.6) is 5.75 Å². The molecule has 0 saturated carbocycles. The lowest BCUT2D eigenvalue weighted by Crippen LogP contribution is -2.01. The van der Waals surface area contributed by atoms with Gasteiger partial charge in [0, 0.05) is 0 Å². The number of hydrogen-bond acceptors (Lipinski definition) is 1. The standard InChI is InChI=1S/C17H20O/c1-14(2)12-13-18-17-10-8-16(9-11-17)15-6-4-3-5-7-15/h3-11,14H,12-13H2,1-2H3. The van der Waals surface area contributed by atoms with E-state index in [4.69, 9.17) is 4.74 Å². The average Bonchev–Trinajstić information content (AvgIpc) is 2.40. The minimum atomic E-state index is 0.689. The topological polar surface area (TPSA) is 9.23 Å². The minimum absolute atomic E-state index is 0.689. The summed E-state index contributed by atoms with van der Waals surface area (Å²) >= 11 is 0. The Balaban J connectivity index is 1.98. The molecule has 0 aromatic heterocycles. The fraction of sp³-hybridized carbons (Fsp3) is 0.294. The Labute approximate surface area is 109 Å². The Morgan fingerprint density at radius 2 is 1.44 bits per heavy atom. The van der Waals surface area contributed by atoms with E-state index in [2.05, 4.69) is 50.2 Å². The van der Waals surface area contributed by atoms with Crippen molar-refractivity contribution >= 4 is 0 Å². The summed E-state index contributed by atoms with van der Waals surface area (Å²) in [5.41, 5.74) is 2.47. The number of ether oxygens (including phenoxy) is 1. The molecule has 0 amide bonds. The number of benzene rings is 2. The molecule has 18 heavy (non-hydrogen) atoms. The van der Waals surface area contributed by atoms with Gasteiger partial charge in [-0.25, -0.2) is 0 Å². The third-order valence-corrected chi connectivity index (χ3v) is 2.93. The third kappa shape index (κ3) is 3.63. The van der Waals surface area contributed by atoms with Crippen LogP contribution in [-0.4, -0.2) is 6.61 Å². The first-order valence-electron chi connectivity index (χ1n) is 6.54. The van der Waals surface area contributed by atoms with Crippen molar-refractivity contribution in [2.75, 3.05) is 6.61 Å². The number of rotatable bonds is 5. The lowest BCUT2D eigenvalue weighted by Gasteiger charge is -2.08. The average molecular weight is 240 g/mol. The zero-order chi connectivity index (χ0) is 12.8. The summed E-state index contributed by atoms with van der Waals surface area (Å²) in [6.45, 7) is 5.21. The molecule has 0 aliphatic carbocycles. The molecule has 2 aromatic rings. The summed E-state index contributed by atoms with van der Waals surface area (Å²) in [6, 6.07) is 18.7. The largest absolute Gasteiger partial charge is 0.494 e. The molecule has 0 atom stereocenters. The summed E-state index contributed by atoms with van der Waals surface area (Å²) in [4.78, 5) is 0. The predicted molar refractivity (Wildman–Crippen MR) is 76.8 cm³/mol. The van der Waals surface area contributed by atoms with Gasteiger partial charge in [0.15, 0.2) is 0 Å². The van der Waals surface area contributed by atoms with E-state index >= 15 is 0 Å². The highest BCUT2D eigenvalue weighted by Gasteiger charge is 1.99. The van der Waals surface area contributed by atoms with Crippen LogP contribution in [0, 0.1) is 5.92 Å². The molecule has 1 heteroatoms. The molecule has 1 nitrogen and oxygen atoms in total. The van der Waals surface area contributed by atoms with Gasteiger partial charge >= 0.3 is 0 Å². The molecule has 0 fully saturated rings. The molecule has 0 aliphatic rings. The SMILES string of the molecule is CC(C)CCOc1ccc(-c2ccccc2)cc1. The molecule has 0 aliphatic heterocycles. The maximum Gasteiger partial charge on any atom is 0.119 e. The summed E-state index contributed by atoms with van der Waals surface area (Å²) < 4.78 is 5.71. The Kier molecular flexibility index (Phi) is 4.40. The molecule has 0 heterocycles. The van der Waals surface area contributed by atoms with Crippen LogP contribution in [0.25, 0.3) is 11.1 Å². The molecule has 0 unspecified atom stereocenters. The second-order valence-electron chi connectivity index (χ2n) is 4.92. The van der Waals surface area contributed by atoms with Crippen LogP contribution in [0.2, 0.25) is 0 Å². The van der Waals surface area contributed by atoms with Crippen molar-refractivity contribution in [3.05, 3.63) is 54.6 Å². The van der Waals surface area contributed by atoms with Crippen molar-refractivity contribution in [2.45, 2.75) is 20.3 Å². The van der Waals surface area contributed by atoms with Crippen molar-refractivity contribution in [1.82, 2.24) is 0 Å². The van der Waals surface area contributed by atoms with Gasteiger partial charge in [-0.2, -0.15) is 0 Å². The smallest absolute Gasteiger partial charge is 0.119 e. The molecule has 2 aromatic carbocycles. The van der Waals surface area contributed by atoms with Crippen molar-refractivity contribution in [1.29, 1.82) is 0 Å². The van der Waals surface area contributed by atoms with Crippen LogP contribution >= 0.6 is 0 Å². The van der Waals surface area contributed by atoms with Crippen LogP contribution in [0.3, 0.4) is 0 Å². The van der Waals surface area contributed by atoms with Crippen molar-refractivity contribution in [3.63, 3.8) is 0 Å². The van der Waals surface area contributed by atoms with Crippen molar-refractivity contribution < 1.29 is 4.74 Å². The Morgan fingerprint density at radius 3 is 2.06 bits per heavy atom. The summed E-state index contributed by atoms with van der Waals surface area (Å²) in [5.74, 6) is 1.64. The normalized spacial score (nSPS) is 10.6. The van der Waals surface area contributed by atoms with Crippen LogP contribution in [0.4, 0.5) is 0 Å². The van der Waals surface area contributed by atoms with Gasteiger partial charge in [0.05, 0.1) is 6.61 Å². The van der Waals surface area contributed by atoms with E-state index in [0.29, 0.717) is 5.92 Å². The molecule has 0 N–H and O–H groups in total. The van der Waals surface area contributed by atoms with Gasteiger partial charge in [0.25, 0.3) is 0 Å². The molecular formula is C17H20O. The zero-order valence-electron chi connectivity index (χ0n) is 11.1. The first-order valence-corrected chi connectivity index (χ1v) is 6.54. The Hall–Kier alpha value is -1.76. The fourth-order valence-corrected chi connectivity index (χ4v) is 1.79. The lowest BCUT2D eigenvalue weighted by atomic mass is 10.1. The lowest BCUT2D eigenvalue weighted by molar-refractivity contribution is 0.289. The summed E-state index contributed by atoms with van der Waals surface area (Å²) in [6.07, 6.45) is 1.10. The molecule has 0 bridgehead atoms. The van der Waals surface area contributed by atoms with Crippen LogP contribution in [-0.2, 0) is 0 Å². The molecular weight excluding hydrogens is 220 g/mol. The highest BCUT2D eigenvalue weighted by atomic mass is 16.5. The Morgan fingerprint density at radius 1 is 0.833 bits per heavy atom. The van der Waals surface area contributed by atoms with Crippen LogP contribution < -0.4 is 4.74 Å². The van der Waals surface area contributed by atoms with E-state index in [9.17, 15) is 0 Å². The van der Waals surface area contributed by atoms with Gasteiger partial charge in [-0.3, -0.25) is 0 Å². The van der Waals surface area contributed by atoms with E-state index in [0.717, 1.165) is 18.8 Å². The predicted octanol–water partition coefficient (Wildman–Crippen LogP) is 4.78. The van der Waals surface area contributed by atoms with E-state index in [-0.39, 0.29) is 0 Å². The first-order chi connectivity index (χ1) is 8.75. The summed E-state index contributed by atoms with van der Waals surface area (Å²) in [7, 11) is 0. The monoisotopic (exact) mass is 240 g/mol. The van der Waals surface area contributed by atoms with E-state index in [1.54, 1.807) is 0 Å². The van der Waals surface area contributed by atoms with Gasteiger partial charge in [-0.15, -0.1) is 0 Å². The van der Waals surface area contributed by atoms with E-state index < -0.39 is 0 Å². The van der Waals surface area contributed by atoms with Gasteiger partial charge < -0.3 is 4.74 Å². The first kappa shape index (κ1) is 12.7. The highest BCUT2D eigenvalue weighted by Crippen LogP contribution is 2.22. The second kappa shape index (κ2) is 6.25. The van der Waals surface area contributed by atoms with Crippen LogP contribution in [0.1, 0.15) is 20.3 Å². The third-order valence-electron chi connectivity index (χ3n) is 2.93. The minimum Gasteiger partial charge on any atom is -0.494 e.